The van der Waals surface area contributed by atoms with Gasteiger partial charge < -0.3 is 10.2 Å². The minimum atomic E-state index is -0.207. The summed E-state index contributed by atoms with van der Waals surface area (Å²) in [6.45, 7) is 2.39. The molecule has 0 spiro atoms. The van der Waals surface area contributed by atoms with E-state index in [1.54, 1.807) is 23.9 Å². The predicted octanol–water partition coefficient (Wildman–Crippen LogP) is 3.07. The van der Waals surface area contributed by atoms with Gasteiger partial charge in [-0.3, -0.25) is 0 Å². The van der Waals surface area contributed by atoms with Crippen LogP contribution in [-0.4, -0.2) is 47.8 Å². The SMILES string of the molecule is O=C(NCCCSc1ccc(F)cc1)N1CCSCC1. The second-order valence-electron chi connectivity index (χ2n) is 4.49. The molecular weight excluding hydrogens is 295 g/mol. The molecule has 1 saturated heterocycles. The molecule has 0 radical (unpaired) electrons. The van der Waals surface area contributed by atoms with Crippen LogP contribution in [-0.2, 0) is 0 Å². The van der Waals surface area contributed by atoms with E-state index in [9.17, 15) is 9.18 Å². The Kier molecular flexibility index (Phi) is 6.53. The number of nitrogens with one attached hydrogen (secondary N) is 1. The van der Waals surface area contributed by atoms with Gasteiger partial charge in [-0.05, 0) is 36.4 Å². The first kappa shape index (κ1) is 15.5. The highest BCUT2D eigenvalue weighted by Crippen LogP contribution is 2.18. The maximum atomic E-state index is 12.7. The molecule has 2 rings (SSSR count). The van der Waals surface area contributed by atoms with Crippen molar-refractivity contribution < 1.29 is 9.18 Å². The molecule has 6 heteroatoms. The van der Waals surface area contributed by atoms with Crippen LogP contribution in [0.1, 0.15) is 6.42 Å². The van der Waals surface area contributed by atoms with Crippen molar-refractivity contribution in [3.8, 4) is 0 Å². The van der Waals surface area contributed by atoms with Gasteiger partial charge in [0.2, 0.25) is 0 Å². The van der Waals surface area contributed by atoms with Crippen molar-refractivity contribution in [1.82, 2.24) is 10.2 Å². The zero-order valence-electron chi connectivity index (χ0n) is 11.3. The van der Waals surface area contributed by atoms with Gasteiger partial charge >= 0.3 is 6.03 Å². The molecule has 20 heavy (non-hydrogen) atoms. The summed E-state index contributed by atoms with van der Waals surface area (Å²) in [7, 11) is 0. The minimum Gasteiger partial charge on any atom is -0.338 e. The smallest absolute Gasteiger partial charge is 0.317 e. The molecule has 0 aliphatic carbocycles. The lowest BCUT2D eigenvalue weighted by molar-refractivity contribution is 0.203. The zero-order chi connectivity index (χ0) is 14.2. The molecule has 0 bridgehead atoms. The molecular formula is C14H19FN2OS2. The van der Waals surface area contributed by atoms with Crippen LogP contribution in [0.15, 0.2) is 29.2 Å². The molecule has 1 fully saturated rings. The Labute approximate surface area is 127 Å². The topological polar surface area (TPSA) is 32.3 Å². The lowest BCUT2D eigenvalue weighted by Gasteiger charge is -2.26. The van der Waals surface area contributed by atoms with Crippen LogP contribution in [0.25, 0.3) is 0 Å². The highest BCUT2D eigenvalue weighted by atomic mass is 32.2. The van der Waals surface area contributed by atoms with Crippen molar-refractivity contribution in [2.45, 2.75) is 11.3 Å². The van der Waals surface area contributed by atoms with E-state index in [2.05, 4.69) is 5.32 Å². The summed E-state index contributed by atoms with van der Waals surface area (Å²) in [6, 6.07) is 6.56. The predicted molar refractivity (Wildman–Crippen MR) is 84.0 cm³/mol. The molecule has 110 valence electrons. The monoisotopic (exact) mass is 314 g/mol. The van der Waals surface area contributed by atoms with E-state index < -0.39 is 0 Å². The lowest BCUT2D eigenvalue weighted by Crippen LogP contribution is -2.44. The Balaban J connectivity index is 1.57. The van der Waals surface area contributed by atoms with Gasteiger partial charge in [0.25, 0.3) is 0 Å². The molecule has 1 aromatic rings. The zero-order valence-corrected chi connectivity index (χ0v) is 12.9. The molecule has 0 aromatic heterocycles. The second kappa shape index (κ2) is 8.42. The Morgan fingerprint density at radius 3 is 2.70 bits per heavy atom. The van der Waals surface area contributed by atoms with Crippen LogP contribution in [0.2, 0.25) is 0 Å². The number of nitrogens with zero attached hydrogens (tertiary/aromatic N) is 1. The van der Waals surface area contributed by atoms with E-state index in [0.717, 1.165) is 41.7 Å². The first-order valence-corrected chi connectivity index (χ1v) is 8.88. The summed E-state index contributed by atoms with van der Waals surface area (Å²) in [6.07, 6.45) is 0.913. The normalized spacial score (nSPS) is 15.2. The second-order valence-corrected chi connectivity index (χ2v) is 6.88. The van der Waals surface area contributed by atoms with Crippen molar-refractivity contribution in [3.63, 3.8) is 0 Å². The number of thioether (sulfide) groups is 2. The highest BCUT2D eigenvalue weighted by Gasteiger charge is 2.15. The van der Waals surface area contributed by atoms with Crippen LogP contribution in [0.4, 0.5) is 9.18 Å². The van der Waals surface area contributed by atoms with E-state index in [1.807, 2.05) is 16.7 Å². The summed E-state index contributed by atoms with van der Waals surface area (Å²) >= 11 is 3.58. The van der Waals surface area contributed by atoms with Gasteiger partial charge in [0.05, 0.1) is 0 Å². The van der Waals surface area contributed by atoms with Crippen molar-refractivity contribution in [2.75, 3.05) is 36.9 Å². The van der Waals surface area contributed by atoms with Gasteiger partial charge in [0.15, 0.2) is 0 Å². The quantitative estimate of drug-likeness (QED) is 0.670. The number of hydrogen-bond donors (Lipinski definition) is 1. The van der Waals surface area contributed by atoms with Crippen LogP contribution in [0, 0.1) is 5.82 Å². The number of benzene rings is 1. The van der Waals surface area contributed by atoms with Gasteiger partial charge in [0, 0.05) is 36.0 Å². The van der Waals surface area contributed by atoms with Crippen molar-refractivity contribution in [2.24, 2.45) is 0 Å². The highest BCUT2D eigenvalue weighted by molar-refractivity contribution is 7.99. The average Bonchev–Trinajstić information content (AvgIpc) is 2.49. The number of rotatable bonds is 5. The van der Waals surface area contributed by atoms with Crippen molar-refractivity contribution in [3.05, 3.63) is 30.1 Å². The number of hydrogen-bond acceptors (Lipinski definition) is 3. The van der Waals surface area contributed by atoms with Crippen LogP contribution in [0.5, 0.6) is 0 Å². The molecule has 0 atom stereocenters. The largest absolute Gasteiger partial charge is 0.338 e. The molecule has 1 N–H and O–H groups in total. The molecule has 1 aliphatic rings. The Morgan fingerprint density at radius 2 is 2.00 bits per heavy atom. The van der Waals surface area contributed by atoms with Gasteiger partial charge in [-0.1, -0.05) is 0 Å². The van der Waals surface area contributed by atoms with E-state index in [0.29, 0.717) is 6.54 Å². The fraction of sp³-hybridized carbons (Fsp3) is 0.500. The molecule has 2 amide bonds. The molecule has 1 aliphatic heterocycles. The first-order valence-electron chi connectivity index (χ1n) is 6.74. The van der Waals surface area contributed by atoms with E-state index >= 15 is 0 Å². The molecule has 0 saturated carbocycles. The number of halogens is 1. The van der Waals surface area contributed by atoms with E-state index in [1.165, 1.54) is 12.1 Å². The number of amides is 2. The summed E-state index contributed by atoms with van der Waals surface area (Å²) < 4.78 is 12.7. The third kappa shape index (κ3) is 5.25. The third-order valence-electron chi connectivity index (χ3n) is 2.98. The third-order valence-corrected chi connectivity index (χ3v) is 5.02. The lowest BCUT2D eigenvalue weighted by atomic mass is 10.4. The summed E-state index contributed by atoms with van der Waals surface area (Å²) in [5.74, 6) is 2.78. The van der Waals surface area contributed by atoms with Gasteiger partial charge in [-0.25, -0.2) is 9.18 Å². The molecule has 1 aromatic carbocycles. The Morgan fingerprint density at radius 1 is 1.30 bits per heavy atom. The van der Waals surface area contributed by atoms with Gasteiger partial charge in [-0.15, -0.1) is 11.8 Å². The Bertz CT molecular complexity index is 422. The average molecular weight is 314 g/mol. The number of urea groups is 1. The van der Waals surface area contributed by atoms with Gasteiger partial charge in [0.1, 0.15) is 5.82 Å². The van der Waals surface area contributed by atoms with Crippen LogP contribution in [0.3, 0.4) is 0 Å². The van der Waals surface area contributed by atoms with Crippen molar-refractivity contribution >= 4 is 29.6 Å². The molecule has 0 unspecified atom stereocenters. The fourth-order valence-electron chi connectivity index (χ4n) is 1.87. The fourth-order valence-corrected chi connectivity index (χ4v) is 3.62. The summed E-state index contributed by atoms with van der Waals surface area (Å²) in [4.78, 5) is 14.8. The minimum absolute atomic E-state index is 0.0529. The summed E-state index contributed by atoms with van der Waals surface area (Å²) in [5.41, 5.74) is 0. The van der Waals surface area contributed by atoms with Crippen LogP contribution >= 0.6 is 23.5 Å². The number of carbonyl (C=O) groups excluding carboxylic acids is 1. The number of carbonyl (C=O) groups is 1. The summed E-state index contributed by atoms with van der Waals surface area (Å²) in [5, 5.41) is 2.95. The Hall–Kier alpha value is -0.880. The van der Waals surface area contributed by atoms with E-state index in [-0.39, 0.29) is 11.8 Å². The standard InChI is InChI=1S/C14H19FN2OS2/c15-12-2-4-13(5-3-12)20-9-1-6-16-14(18)17-7-10-19-11-8-17/h2-5H,1,6-11H2,(H,16,18). The van der Waals surface area contributed by atoms with Crippen molar-refractivity contribution in [1.29, 1.82) is 0 Å². The van der Waals surface area contributed by atoms with E-state index in [4.69, 9.17) is 0 Å². The molecule has 3 nitrogen and oxygen atoms in total. The maximum absolute atomic E-state index is 12.7. The first-order chi connectivity index (χ1) is 9.75. The maximum Gasteiger partial charge on any atom is 0.317 e. The van der Waals surface area contributed by atoms with Gasteiger partial charge in [-0.2, -0.15) is 11.8 Å². The van der Waals surface area contributed by atoms with Crippen LogP contribution < -0.4 is 5.32 Å². The molecule has 1 heterocycles.